The maximum atomic E-state index is 13.7. The highest BCUT2D eigenvalue weighted by atomic mass is 19.1. The van der Waals surface area contributed by atoms with Crippen molar-refractivity contribution < 1.29 is 9.18 Å². The molecule has 1 rings (SSSR count). The molecule has 0 radical (unpaired) electrons. The molecule has 0 unspecified atom stereocenters. The average Bonchev–Trinajstić information content (AvgIpc) is 2.36. The third-order valence-corrected chi connectivity index (χ3v) is 2.45. The highest BCUT2D eigenvalue weighted by molar-refractivity contribution is 5.81. The largest absolute Gasteiger partial charge is 0.354 e. The average molecular weight is 283 g/mol. The number of nitrogens with one attached hydrogen (secondary N) is 2. The summed E-state index contributed by atoms with van der Waals surface area (Å²) in [6, 6.07) is 0.0490. The number of carbonyl (C=O) groups excluding carboxylic acids is 1. The van der Waals surface area contributed by atoms with Gasteiger partial charge in [-0.25, -0.2) is 9.37 Å². The summed E-state index contributed by atoms with van der Waals surface area (Å²) in [5.41, 5.74) is 0. The maximum Gasteiger partial charge on any atom is 0.239 e. The Bertz CT molecular complexity index is 452. The third-order valence-electron chi connectivity index (χ3n) is 2.45. The Hall–Kier alpha value is -1.92. The van der Waals surface area contributed by atoms with Crippen molar-refractivity contribution in [2.24, 2.45) is 0 Å². The van der Waals surface area contributed by atoms with Gasteiger partial charge in [-0.2, -0.15) is 4.98 Å². The van der Waals surface area contributed by atoms with Gasteiger partial charge in [-0.1, -0.05) is 6.92 Å². The fourth-order valence-corrected chi connectivity index (χ4v) is 1.61. The molecule has 2 N–H and O–H groups in total. The highest BCUT2D eigenvalue weighted by Crippen LogP contribution is 2.15. The van der Waals surface area contributed by atoms with Crippen LogP contribution in [0, 0.1) is 5.82 Å². The molecule has 0 aliphatic heterocycles. The predicted molar refractivity (Wildman–Crippen MR) is 77.3 cm³/mol. The zero-order chi connectivity index (χ0) is 15.1. The van der Waals surface area contributed by atoms with E-state index >= 15 is 0 Å². The highest BCUT2D eigenvalue weighted by Gasteiger charge is 2.15. The molecule has 112 valence electrons. The summed E-state index contributed by atoms with van der Waals surface area (Å²) < 4.78 is 13.7. The lowest BCUT2D eigenvalue weighted by Gasteiger charge is -2.19. The van der Waals surface area contributed by atoms with Crippen LogP contribution in [0.2, 0.25) is 0 Å². The van der Waals surface area contributed by atoms with Crippen LogP contribution in [0.4, 0.5) is 16.2 Å². The number of hydrogen-bond acceptors (Lipinski definition) is 5. The van der Waals surface area contributed by atoms with Gasteiger partial charge in [-0.15, -0.1) is 0 Å². The van der Waals surface area contributed by atoms with E-state index in [1.54, 1.807) is 7.05 Å². The van der Waals surface area contributed by atoms with Crippen LogP contribution in [0.15, 0.2) is 6.20 Å². The number of hydrogen-bond donors (Lipinski definition) is 2. The van der Waals surface area contributed by atoms with Crippen LogP contribution >= 0.6 is 0 Å². The monoisotopic (exact) mass is 283 g/mol. The van der Waals surface area contributed by atoms with Gasteiger partial charge in [-0.05, 0) is 20.3 Å². The fraction of sp³-hybridized carbons (Fsp3) is 0.615. The quantitative estimate of drug-likeness (QED) is 0.791. The van der Waals surface area contributed by atoms with E-state index in [1.165, 1.54) is 4.90 Å². The van der Waals surface area contributed by atoms with Crippen molar-refractivity contribution in [2.75, 3.05) is 30.4 Å². The molecule has 0 aliphatic rings. The smallest absolute Gasteiger partial charge is 0.239 e. The standard InChI is InChI=1S/C13H22FN5O/c1-5-6-15-13-16-7-10(14)12(18-13)19(4)8-11(20)17-9(2)3/h7,9H,5-6,8H2,1-4H3,(H,17,20)(H,15,16,18). The maximum absolute atomic E-state index is 13.7. The summed E-state index contributed by atoms with van der Waals surface area (Å²) in [7, 11) is 1.62. The van der Waals surface area contributed by atoms with Crippen molar-refractivity contribution in [1.82, 2.24) is 15.3 Å². The Kier molecular flexibility index (Phi) is 6.14. The van der Waals surface area contributed by atoms with Crippen molar-refractivity contribution in [3.05, 3.63) is 12.0 Å². The predicted octanol–water partition coefficient (Wildman–Crippen LogP) is 1.40. The molecule has 0 saturated heterocycles. The molecule has 1 amide bonds. The number of likely N-dealkylation sites (N-methyl/N-ethyl adjacent to an activating group) is 1. The van der Waals surface area contributed by atoms with E-state index in [-0.39, 0.29) is 24.3 Å². The molecule has 7 heteroatoms. The van der Waals surface area contributed by atoms with Crippen molar-refractivity contribution in [1.29, 1.82) is 0 Å². The topological polar surface area (TPSA) is 70.2 Å². The van der Waals surface area contributed by atoms with Gasteiger partial charge in [0, 0.05) is 19.6 Å². The van der Waals surface area contributed by atoms with E-state index < -0.39 is 5.82 Å². The van der Waals surface area contributed by atoms with Gasteiger partial charge in [0.1, 0.15) is 0 Å². The van der Waals surface area contributed by atoms with Crippen molar-refractivity contribution in [2.45, 2.75) is 33.2 Å². The van der Waals surface area contributed by atoms with Gasteiger partial charge >= 0.3 is 0 Å². The Morgan fingerprint density at radius 1 is 1.50 bits per heavy atom. The van der Waals surface area contributed by atoms with Gasteiger partial charge in [0.15, 0.2) is 11.6 Å². The lowest BCUT2D eigenvalue weighted by molar-refractivity contribution is -0.120. The van der Waals surface area contributed by atoms with Crippen LogP contribution in [0.3, 0.4) is 0 Å². The first-order valence-corrected chi connectivity index (χ1v) is 6.71. The third kappa shape index (κ3) is 4.99. The normalized spacial score (nSPS) is 10.5. The van der Waals surface area contributed by atoms with Crippen LogP contribution in [0.5, 0.6) is 0 Å². The summed E-state index contributed by atoms with van der Waals surface area (Å²) >= 11 is 0. The van der Waals surface area contributed by atoms with E-state index in [9.17, 15) is 9.18 Å². The van der Waals surface area contributed by atoms with Gasteiger partial charge < -0.3 is 15.5 Å². The molecule has 0 fully saturated rings. The first kappa shape index (κ1) is 16.1. The first-order valence-electron chi connectivity index (χ1n) is 6.71. The molecule has 0 aliphatic carbocycles. The number of amides is 1. The molecule has 20 heavy (non-hydrogen) atoms. The molecule has 6 nitrogen and oxygen atoms in total. The van der Waals surface area contributed by atoms with Gasteiger partial charge in [-0.3, -0.25) is 4.79 Å². The lowest BCUT2D eigenvalue weighted by atomic mass is 10.3. The number of nitrogens with zero attached hydrogens (tertiary/aromatic N) is 3. The molecular formula is C13H22FN5O. The Balaban J connectivity index is 2.75. The van der Waals surface area contributed by atoms with Crippen LogP contribution in [-0.2, 0) is 4.79 Å². The summed E-state index contributed by atoms with van der Waals surface area (Å²) in [6.07, 6.45) is 2.03. The van der Waals surface area contributed by atoms with E-state index in [4.69, 9.17) is 0 Å². The Morgan fingerprint density at radius 3 is 2.80 bits per heavy atom. The zero-order valence-electron chi connectivity index (χ0n) is 12.4. The van der Waals surface area contributed by atoms with Crippen LogP contribution in [0.1, 0.15) is 27.2 Å². The number of aromatic nitrogens is 2. The van der Waals surface area contributed by atoms with Crippen molar-refractivity contribution >= 4 is 17.7 Å². The summed E-state index contributed by atoms with van der Waals surface area (Å²) in [5.74, 6) is -0.257. The zero-order valence-corrected chi connectivity index (χ0v) is 12.4. The number of halogens is 1. The number of rotatable bonds is 7. The van der Waals surface area contributed by atoms with E-state index in [1.807, 2.05) is 20.8 Å². The van der Waals surface area contributed by atoms with Crippen LogP contribution in [0.25, 0.3) is 0 Å². The fourth-order valence-electron chi connectivity index (χ4n) is 1.61. The van der Waals surface area contributed by atoms with E-state index in [0.717, 1.165) is 12.6 Å². The Morgan fingerprint density at radius 2 is 2.20 bits per heavy atom. The molecule has 1 aromatic heterocycles. The van der Waals surface area contributed by atoms with Gasteiger partial charge in [0.05, 0.1) is 12.7 Å². The molecule has 1 aromatic rings. The molecule has 0 aromatic carbocycles. The van der Waals surface area contributed by atoms with E-state index in [2.05, 4.69) is 20.6 Å². The second kappa shape index (κ2) is 7.62. The molecule has 0 spiro atoms. The second-order valence-corrected chi connectivity index (χ2v) is 4.87. The molecule has 0 bridgehead atoms. The SMILES string of the molecule is CCCNc1ncc(F)c(N(C)CC(=O)NC(C)C)n1. The van der Waals surface area contributed by atoms with Crippen molar-refractivity contribution in [3.8, 4) is 0 Å². The first-order chi connectivity index (χ1) is 9.43. The minimum Gasteiger partial charge on any atom is -0.354 e. The van der Waals surface area contributed by atoms with Gasteiger partial charge in [0.25, 0.3) is 0 Å². The molecule has 0 atom stereocenters. The second-order valence-electron chi connectivity index (χ2n) is 4.87. The molecule has 0 saturated carbocycles. The molecular weight excluding hydrogens is 261 g/mol. The summed E-state index contributed by atoms with van der Waals surface area (Å²) in [5, 5.41) is 5.74. The summed E-state index contributed by atoms with van der Waals surface area (Å²) in [4.78, 5) is 21.1. The minimum atomic E-state index is -0.549. The van der Waals surface area contributed by atoms with Crippen LogP contribution < -0.4 is 15.5 Å². The summed E-state index contributed by atoms with van der Waals surface area (Å²) in [6.45, 7) is 6.51. The number of anilines is 2. The van der Waals surface area contributed by atoms with E-state index in [0.29, 0.717) is 12.5 Å². The Labute approximate surface area is 118 Å². The minimum absolute atomic E-state index is 0.0410. The van der Waals surface area contributed by atoms with Crippen molar-refractivity contribution in [3.63, 3.8) is 0 Å². The number of carbonyl (C=O) groups is 1. The lowest BCUT2D eigenvalue weighted by Crippen LogP contribution is -2.39. The molecule has 1 heterocycles. The van der Waals surface area contributed by atoms with Gasteiger partial charge in [0.2, 0.25) is 11.9 Å². The van der Waals surface area contributed by atoms with Crippen LogP contribution in [-0.4, -0.2) is 42.1 Å².